The van der Waals surface area contributed by atoms with Crippen molar-refractivity contribution in [3.8, 4) is 5.75 Å². The molecule has 0 aliphatic carbocycles. The highest BCUT2D eigenvalue weighted by atomic mass is 35.5. The predicted molar refractivity (Wildman–Crippen MR) is 56.6 cm³/mol. The molecule has 0 unspecified atom stereocenters. The van der Waals surface area contributed by atoms with Crippen molar-refractivity contribution in [2.24, 2.45) is 0 Å². The average molecular weight is 213 g/mol. The number of hydrogen-bond donors (Lipinski definition) is 0. The highest BCUT2D eigenvalue weighted by Gasteiger charge is 1.96. The minimum Gasteiger partial charge on any atom is -0.494 e. The van der Waals surface area contributed by atoms with E-state index in [4.69, 9.17) is 16.3 Å². The first-order valence-corrected chi connectivity index (χ1v) is 5.03. The molecule has 0 aromatic heterocycles. The van der Waals surface area contributed by atoms with Gasteiger partial charge in [-0.2, -0.15) is 0 Å². The lowest BCUT2D eigenvalue weighted by Crippen LogP contribution is -1.98. The SMILES string of the molecule is O=C(Cl)CCCCOc1ccccc1. The predicted octanol–water partition coefficient (Wildman–Crippen LogP) is 3.00. The monoisotopic (exact) mass is 212 g/mol. The Morgan fingerprint density at radius 2 is 1.93 bits per heavy atom. The van der Waals surface area contributed by atoms with Gasteiger partial charge in [0.15, 0.2) is 0 Å². The molecule has 2 nitrogen and oxygen atoms in total. The number of carbonyl (C=O) groups is 1. The second kappa shape index (κ2) is 6.44. The molecule has 0 N–H and O–H groups in total. The van der Waals surface area contributed by atoms with Crippen molar-refractivity contribution in [3.05, 3.63) is 30.3 Å². The number of benzene rings is 1. The molecule has 0 atom stereocenters. The third-order valence-electron chi connectivity index (χ3n) is 1.78. The lowest BCUT2D eigenvalue weighted by Gasteiger charge is -2.04. The molecule has 0 bridgehead atoms. The summed E-state index contributed by atoms with van der Waals surface area (Å²) in [5.41, 5.74) is 0. The smallest absolute Gasteiger partial charge is 0.221 e. The van der Waals surface area contributed by atoms with Gasteiger partial charge in [0.05, 0.1) is 6.61 Å². The fraction of sp³-hybridized carbons (Fsp3) is 0.364. The third kappa shape index (κ3) is 4.87. The van der Waals surface area contributed by atoms with Crippen LogP contribution in [0, 0.1) is 0 Å². The van der Waals surface area contributed by atoms with Gasteiger partial charge in [-0.05, 0) is 36.6 Å². The van der Waals surface area contributed by atoms with Crippen molar-refractivity contribution < 1.29 is 9.53 Å². The van der Waals surface area contributed by atoms with Crippen LogP contribution < -0.4 is 4.74 Å². The molecule has 14 heavy (non-hydrogen) atoms. The van der Waals surface area contributed by atoms with Gasteiger partial charge in [0.2, 0.25) is 5.24 Å². The summed E-state index contributed by atoms with van der Waals surface area (Å²) >= 11 is 5.19. The first-order chi connectivity index (χ1) is 6.79. The van der Waals surface area contributed by atoms with E-state index in [2.05, 4.69) is 0 Å². The van der Waals surface area contributed by atoms with Crippen molar-refractivity contribution in [2.45, 2.75) is 19.3 Å². The van der Waals surface area contributed by atoms with Crippen molar-refractivity contribution in [3.63, 3.8) is 0 Å². The fourth-order valence-electron chi connectivity index (χ4n) is 1.07. The summed E-state index contributed by atoms with van der Waals surface area (Å²) in [6.07, 6.45) is 2.07. The first kappa shape index (κ1) is 11.1. The quantitative estimate of drug-likeness (QED) is 0.535. The number of rotatable bonds is 6. The topological polar surface area (TPSA) is 26.3 Å². The van der Waals surface area contributed by atoms with Crippen LogP contribution in [-0.4, -0.2) is 11.8 Å². The fourth-order valence-corrected chi connectivity index (χ4v) is 1.21. The van der Waals surface area contributed by atoms with Gasteiger partial charge in [-0.15, -0.1) is 0 Å². The maximum atomic E-state index is 10.4. The molecule has 1 aromatic rings. The van der Waals surface area contributed by atoms with Gasteiger partial charge in [-0.1, -0.05) is 18.2 Å². The van der Waals surface area contributed by atoms with Crippen LogP contribution in [0.25, 0.3) is 0 Å². The summed E-state index contributed by atoms with van der Waals surface area (Å²) in [7, 11) is 0. The Kier molecular flexibility index (Phi) is 5.08. The number of halogens is 1. The van der Waals surface area contributed by atoms with Crippen LogP contribution in [0.5, 0.6) is 5.75 Å². The Bertz CT molecular complexity index is 272. The van der Waals surface area contributed by atoms with Crippen molar-refractivity contribution in [1.29, 1.82) is 0 Å². The zero-order valence-electron chi connectivity index (χ0n) is 7.91. The Balaban J connectivity index is 2.08. The number of carbonyl (C=O) groups excluding carboxylic acids is 1. The second-order valence-electron chi connectivity index (χ2n) is 2.97. The van der Waals surface area contributed by atoms with E-state index in [9.17, 15) is 4.79 Å². The van der Waals surface area contributed by atoms with Gasteiger partial charge in [0.1, 0.15) is 5.75 Å². The van der Waals surface area contributed by atoms with Crippen LogP contribution in [0.4, 0.5) is 0 Å². The number of ether oxygens (including phenoxy) is 1. The largest absolute Gasteiger partial charge is 0.494 e. The molecular formula is C11H13ClO2. The van der Waals surface area contributed by atoms with Gasteiger partial charge >= 0.3 is 0 Å². The Labute approximate surface area is 88.8 Å². The molecule has 76 valence electrons. The van der Waals surface area contributed by atoms with Crippen LogP contribution in [0.3, 0.4) is 0 Å². The zero-order valence-corrected chi connectivity index (χ0v) is 8.67. The molecule has 1 rings (SSSR count). The van der Waals surface area contributed by atoms with Crippen molar-refractivity contribution >= 4 is 16.8 Å². The van der Waals surface area contributed by atoms with Crippen molar-refractivity contribution in [2.75, 3.05) is 6.61 Å². The lowest BCUT2D eigenvalue weighted by atomic mass is 10.2. The van der Waals surface area contributed by atoms with E-state index in [1.165, 1.54) is 0 Å². The van der Waals surface area contributed by atoms with Crippen LogP contribution in [-0.2, 0) is 4.79 Å². The third-order valence-corrected chi connectivity index (χ3v) is 1.97. The molecule has 0 saturated heterocycles. The molecule has 0 fully saturated rings. The standard InChI is InChI=1S/C11H13ClO2/c12-11(13)8-4-5-9-14-10-6-2-1-3-7-10/h1-3,6-7H,4-5,8-9H2. The Morgan fingerprint density at radius 3 is 2.57 bits per heavy atom. The normalized spacial score (nSPS) is 9.79. The molecule has 0 amide bonds. The maximum Gasteiger partial charge on any atom is 0.221 e. The molecule has 0 aliphatic rings. The molecule has 0 saturated carbocycles. The van der Waals surface area contributed by atoms with E-state index < -0.39 is 0 Å². The number of hydrogen-bond acceptors (Lipinski definition) is 2. The minimum atomic E-state index is -0.273. The molecule has 1 aromatic carbocycles. The summed E-state index contributed by atoms with van der Waals surface area (Å²) in [5, 5.41) is -0.273. The summed E-state index contributed by atoms with van der Waals surface area (Å²) in [6.45, 7) is 0.633. The zero-order chi connectivity index (χ0) is 10.2. The van der Waals surface area contributed by atoms with Crippen LogP contribution >= 0.6 is 11.6 Å². The van der Waals surface area contributed by atoms with E-state index in [-0.39, 0.29) is 5.24 Å². The van der Waals surface area contributed by atoms with E-state index in [0.717, 1.165) is 18.6 Å². The summed E-state index contributed by atoms with van der Waals surface area (Å²) in [6, 6.07) is 9.62. The number of para-hydroxylation sites is 1. The average Bonchev–Trinajstić information content (AvgIpc) is 2.18. The molecule has 3 heteroatoms. The lowest BCUT2D eigenvalue weighted by molar-refractivity contribution is -0.111. The van der Waals surface area contributed by atoms with Crippen molar-refractivity contribution in [1.82, 2.24) is 0 Å². The van der Waals surface area contributed by atoms with Crippen LogP contribution in [0.1, 0.15) is 19.3 Å². The molecular weight excluding hydrogens is 200 g/mol. The molecule has 0 radical (unpaired) electrons. The van der Waals surface area contributed by atoms with Gasteiger partial charge in [0.25, 0.3) is 0 Å². The maximum absolute atomic E-state index is 10.4. The molecule has 0 spiro atoms. The minimum absolute atomic E-state index is 0.273. The number of unbranched alkanes of at least 4 members (excludes halogenated alkanes) is 1. The highest BCUT2D eigenvalue weighted by molar-refractivity contribution is 6.63. The van der Waals surface area contributed by atoms with E-state index in [0.29, 0.717) is 13.0 Å². The van der Waals surface area contributed by atoms with Gasteiger partial charge in [0, 0.05) is 6.42 Å². The van der Waals surface area contributed by atoms with Gasteiger partial charge < -0.3 is 4.74 Å². The second-order valence-corrected chi connectivity index (χ2v) is 3.40. The molecule has 0 aliphatic heterocycles. The Morgan fingerprint density at radius 1 is 1.21 bits per heavy atom. The van der Waals surface area contributed by atoms with Crippen LogP contribution in [0.15, 0.2) is 30.3 Å². The van der Waals surface area contributed by atoms with E-state index in [1.807, 2.05) is 30.3 Å². The van der Waals surface area contributed by atoms with Gasteiger partial charge in [-0.25, -0.2) is 0 Å². The van der Waals surface area contributed by atoms with E-state index in [1.54, 1.807) is 0 Å². The first-order valence-electron chi connectivity index (χ1n) is 4.65. The molecule has 0 heterocycles. The van der Waals surface area contributed by atoms with E-state index >= 15 is 0 Å². The van der Waals surface area contributed by atoms with Crippen LogP contribution in [0.2, 0.25) is 0 Å². The summed E-state index contributed by atoms with van der Waals surface area (Å²) < 4.78 is 5.43. The highest BCUT2D eigenvalue weighted by Crippen LogP contribution is 2.09. The van der Waals surface area contributed by atoms with Gasteiger partial charge in [-0.3, -0.25) is 4.79 Å². The Hall–Kier alpha value is -1.02. The summed E-state index contributed by atoms with van der Waals surface area (Å²) in [4.78, 5) is 10.4. The summed E-state index contributed by atoms with van der Waals surface area (Å²) in [5.74, 6) is 0.865.